The third-order valence-electron chi connectivity index (χ3n) is 2.63. The van der Waals surface area contributed by atoms with Gasteiger partial charge in [-0.15, -0.1) is 6.58 Å². The van der Waals surface area contributed by atoms with Gasteiger partial charge in [0.05, 0.1) is 0 Å². The fraction of sp³-hybridized carbons (Fsp3) is 0.692. The normalized spacial score (nSPS) is 12.7. The van der Waals surface area contributed by atoms with E-state index in [0.29, 0.717) is 6.54 Å². The number of carbonyl (C=O) groups excluding carboxylic acids is 1. The highest BCUT2D eigenvalue weighted by atomic mass is 16.4. The van der Waals surface area contributed by atoms with Gasteiger partial charge in [-0.2, -0.15) is 0 Å². The van der Waals surface area contributed by atoms with Crippen LogP contribution in [0.15, 0.2) is 12.7 Å². The van der Waals surface area contributed by atoms with E-state index in [2.05, 4.69) is 11.9 Å². The predicted octanol–water partition coefficient (Wildman–Crippen LogP) is 2.09. The van der Waals surface area contributed by atoms with Crippen LogP contribution >= 0.6 is 0 Å². The lowest BCUT2D eigenvalue weighted by atomic mass is 9.87. The quantitative estimate of drug-likeness (QED) is 0.564. The van der Waals surface area contributed by atoms with Crippen LogP contribution in [-0.4, -0.2) is 41.6 Å². The highest BCUT2D eigenvalue weighted by Crippen LogP contribution is 2.19. The molecule has 18 heavy (non-hydrogen) atoms. The number of rotatable bonds is 6. The Morgan fingerprint density at radius 3 is 2.39 bits per heavy atom. The largest absolute Gasteiger partial charge is 0.480 e. The zero-order valence-electron chi connectivity index (χ0n) is 11.7. The molecule has 0 spiro atoms. The summed E-state index contributed by atoms with van der Waals surface area (Å²) in [5.41, 5.74) is -0.524. The zero-order valence-corrected chi connectivity index (χ0v) is 11.7. The molecule has 2 N–H and O–H groups in total. The summed E-state index contributed by atoms with van der Waals surface area (Å²) in [6.07, 6.45) is 3.45. The van der Waals surface area contributed by atoms with E-state index in [1.807, 2.05) is 0 Å². The summed E-state index contributed by atoms with van der Waals surface area (Å²) in [6, 6.07) is -1.26. The van der Waals surface area contributed by atoms with E-state index in [0.717, 1.165) is 12.8 Å². The van der Waals surface area contributed by atoms with Crippen LogP contribution in [0.4, 0.5) is 4.79 Å². The van der Waals surface area contributed by atoms with E-state index in [-0.39, 0.29) is 6.03 Å². The standard InChI is InChI=1S/C13H24N2O3/c1-6-7-8-9-15(5)12(18)14-10(11(16)17)13(2,3)4/h6,10H,1,7-9H2,2-5H3,(H,14,18)(H,16,17)/t10-/m0/s1. The Morgan fingerprint density at radius 1 is 1.44 bits per heavy atom. The van der Waals surface area contributed by atoms with Gasteiger partial charge in [0, 0.05) is 13.6 Å². The Bertz CT molecular complexity index is 308. The number of hydrogen-bond donors (Lipinski definition) is 2. The lowest BCUT2D eigenvalue weighted by Crippen LogP contribution is -2.52. The molecule has 0 aliphatic carbocycles. The van der Waals surface area contributed by atoms with Crippen LogP contribution in [0.2, 0.25) is 0 Å². The molecule has 0 aliphatic heterocycles. The Morgan fingerprint density at radius 2 is 2.00 bits per heavy atom. The molecule has 0 unspecified atom stereocenters. The van der Waals surface area contributed by atoms with Gasteiger partial charge in [-0.1, -0.05) is 26.8 Å². The van der Waals surface area contributed by atoms with E-state index in [1.165, 1.54) is 4.90 Å². The molecule has 0 saturated carbocycles. The molecule has 104 valence electrons. The molecular formula is C13H24N2O3. The van der Waals surface area contributed by atoms with Crippen molar-refractivity contribution in [3.05, 3.63) is 12.7 Å². The van der Waals surface area contributed by atoms with Gasteiger partial charge in [0.15, 0.2) is 0 Å². The molecule has 0 saturated heterocycles. The van der Waals surface area contributed by atoms with Gasteiger partial charge >= 0.3 is 12.0 Å². The molecule has 0 bridgehead atoms. The SMILES string of the molecule is C=CCCCN(C)C(=O)N[C@@H](C(=O)O)C(C)(C)C. The van der Waals surface area contributed by atoms with E-state index < -0.39 is 17.4 Å². The average Bonchev–Trinajstić information content (AvgIpc) is 2.23. The van der Waals surface area contributed by atoms with Crippen LogP contribution in [0.5, 0.6) is 0 Å². The summed E-state index contributed by atoms with van der Waals surface area (Å²) in [6.45, 7) is 9.53. The first kappa shape index (κ1) is 16.5. The lowest BCUT2D eigenvalue weighted by Gasteiger charge is -2.29. The number of unbranched alkanes of at least 4 members (excludes halogenated alkanes) is 1. The van der Waals surface area contributed by atoms with Gasteiger partial charge in [-0.05, 0) is 18.3 Å². The van der Waals surface area contributed by atoms with E-state index in [9.17, 15) is 9.59 Å². The molecule has 0 rings (SSSR count). The Balaban J connectivity index is 4.42. The van der Waals surface area contributed by atoms with Crippen molar-refractivity contribution >= 4 is 12.0 Å². The average molecular weight is 256 g/mol. The molecule has 0 aliphatic rings. The summed E-state index contributed by atoms with van der Waals surface area (Å²) >= 11 is 0. The van der Waals surface area contributed by atoms with E-state index in [4.69, 9.17) is 5.11 Å². The van der Waals surface area contributed by atoms with E-state index in [1.54, 1.807) is 33.9 Å². The first-order valence-corrected chi connectivity index (χ1v) is 6.05. The van der Waals surface area contributed by atoms with Gasteiger partial charge in [-0.25, -0.2) is 9.59 Å². The maximum atomic E-state index is 11.8. The van der Waals surface area contributed by atoms with Crippen molar-refractivity contribution < 1.29 is 14.7 Å². The number of allylic oxidation sites excluding steroid dienone is 1. The predicted molar refractivity (Wildman–Crippen MR) is 71.5 cm³/mol. The molecule has 0 aromatic rings. The van der Waals surface area contributed by atoms with Gasteiger partial charge in [0.2, 0.25) is 0 Å². The van der Waals surface area contributed by atoms with Crippen LogP contribution in [0.25, 0.3) is 0 Å². The second-order valence-electron chi connectivity index (χ2n) is 5.44. The van der Waals surface area contributed by atoms with Crippen molar-refractivity contribution in [2.24, 2.45) is 5.41 Å². The minimum Gasteiger partial charge on any atom is -0.480 e. The summed E-state index contributed by atoms with van der Waals surface area (Å²) in [4.78, 5) is 24.4. The number of carbonyl (C=O) groups is 2. The second-order valence-corrected chi connectivity index (χ2v) is 5.44. The Labute approximate surface area is 109 Å². The maximum Gasteiger partial charge on any atom is 0.326 e. The highest BCUT2D eigenvalue weighted by molar-refractivity contribution is 5.83. The number of carboxylic acid groups (broad SMARTS) is 1. The van der Waals surface area contributed by atoms with Gasteiger partial charge in [0.25, 0.3) is 0 Å². The van der Waals surface area contributed by atoms with Gasteiger partial charge in [-0.3, -0.25) is 0 Å². The molecule has 0 aromatic carbocycles. The van der Waals surface area contributed by atoms with Crippen molar-refractivity contribution in [1.29, 1.82) is 0 Å². The number of hydrogen-bond acceptors (Lipinski definition) is 2. The van der Waals surface area contributed by atoms with Crippen molar-refractivity contribution in [3.63, 3.8) is 0 Å². The number of carboxylic acids is 1. The Kier molecular flexibility index (Phi) is 6.44. The highest BCUT2D eigenvalue weighted by Gasteiger charge is 2.33. The third-order valence-corrected chi connectivity index (χ3v) is 2.63. The molecule has 5 heteroatoms. The minimum atomic E-state index is -1.02. The van der Waals surface area contributed by atoms with Crippen LogP contribution in [-0.2, 0) is 4.79 Å². The molecular weight excluding hydrogens is 232 g/mol. The van der Waals surface area contributed by atoms with Crippen molar-refractivity contribution in [3.8, 4) is 0 Å². The Hall–Kier alpha value is -1.52. The van der Waals surface area contributed by atoms with Crippen LogP contribution in [0.1, 0.15) is 33.6 Å². The summed E-state index contributed by atoms with van der Waals surface area (Å²) < 4.78 is 0. The number of nitrogens with one attached hydrogen (secondary N) is 1. The smallest absolute Gasteiger partial charge is 0.326 e. The molecule has 0 aromatic heterocycles. The first-order valence-electron chi connectivity index (χ1n) is 6.05. The second kappa shape index (κ2) is 7.03. The molecule has 2 amide bonds. The fourth-order valence-corrected chi connectivity index (χ4v) is 1.46. The minimum absolute atomic E-state index is 0.360. The van der Waals surface area contributed by atoms with Crippen LogP contribution in [0, 0.1) is 5.41 Å². The topological polar surface area (TPSA) is 69.6 Å². The summed E-state index contributed by atoms with van der Waals surface area (Å²) in [7, 11) is 1.65. The third kappa shape index (κ3) is 5.70. The lowest BCUT2D eigenvalue weighted by molar-refractivity contribution is -0.142. The fourth-order valence-electron chi connectivity index (χ4n) is 1.46. The van der Waals surface area contributed by atoms with E-state index >= 15 is 0 Å². The number of amides is 2. The zero-order chi connectivity index (χ0) is 14.3. The summed E-state index contributed by atoms with van der Waals surface area (Å²) in [5, 5.41) is 11.7. The molecule has 0 fully saturated rings. The van der Waals surface area contributed by atoms with Crippen molar-refractivity contribution in [2.75, 3.05) is 13.6 Å². The number of urea groups is 1. The molecule has 1 atom stereocenters. The van der Waals surface area contributed by atoms with Crippen molar-refractivity contribution in [2.45, 2.75) is 39.7 Å². The molecule has 5 nitrogen and oxygen atoms in total. The number of nitrogens with zero attached hydrogens (tertiary/aromatic N) is 1. The van der Waals surface area contributed by atoms with Crippen LogP contribution < -0.4 is 5.32 Å². The van der Waals surface area contributed by atoms with Gasteiger partial charge < -0.3 is 15.3 Å². The monoisotopic (exact) mass is 256 g/mol. The first-order chi connectivity index (χ1) is 8.20. The number of aliphatic carboxylic acids is 1. The van der Waals surface area contributed by atoms with Crippen LogP contribution in [0.3, 0.4) is 0 Å². The van der Waals surface area contributed by atoms with Crippen molar-refractivity contribution in [1.82, 2.24) is 10.2 Å². The van der Waals surface area contributed by atoms with Gasteiger partial charge in [0.1, 0.15) is 6.04 Å². The molecule has 0 heterocycles. The molecule has 0 radical (unpaired) electrons. The maximum absolute atomic E-state index is 11.8. The summed E-state index contributed by atoms with van der Waals surface area (Å²) in [5.74, 6) is -1.02.